The number of aromatic nitrogens is 2. The van der Waals surface area contributed by atoms with Gasteiger partial charge in [-0.05, 0) is 36.2 Å². The van der Waals surface area contributed by atoms with E-state index in [4.69, 9.17) is 0 Å². The van der Waals surface area contributed by atoms with Crippen LogP contribution in [0.15, 0.2) is 55.0 Å². The minimum absolute atomic E-state index is 0.115. The van der Waals surface area contributed by atoms with E-state index in [0.29, 0.717) is 24.2 Å². The lowest BCUT2D eigenvalue weighted by Crippen LogP contribution is -2.13. The summed E-state index contributed by atoms with van der Waals surface area (Å²) >= 11 is 0. The Morgan fingerprint density at radius 3 is 3.00 bits per heavy atom. The number of fused-ring (bicyclic) bond motifs is 1. The number of nitrogens with zero attached hydrogens (tertiary/aromatic N) is 2. The van der Waals surface area contributed by atoms with Crippen molar-refractivity contribution in [2.45, 2.75) is 12.8 Å². The molecule has 5 heteroatoms. The molecule has 0 fully saturated rings. The Balaban J connectivity index is 1.65. The van der Waals surface area contributed by atoms with E-state index in [1.54, 1.807) is 12.3 Å². The number of hydrogen-bond donors (Lipinski definition) is 1. The number of carbonyl (C=O) groups is 1. The largest absolute Gasteiger partial charge is 0.323 e. The van der Waals surface area contributed by atoms with Gasteiger partial charge >= 0.3 is 0 Å². The van der Waals surface area contributed by atoms with Crippen molar-refractivity contribution in [3.8, 4) is 0 Å². The lowest BCUT2D eigenvalue weighted by Gasteiger charge is -2.06. The van der Waals surface area contributed by atoms with E-state index in [2.05, 4.69) is 10.3 Å². The first-order chi connectivity index (χ1) is 10.2. The van der Waals surface area contributed by atoms with Crippen LogP contribution in [0.2, 0.25) is 0 Å². The maximum Gasteiger partial charge on any atom is 0.224 e. The highest BCUT2D eigenvalue weighted by Gasteiger charge is 2.07. The van der Waals surface area contributed by atoms with Gasteiger partial charge in [0.25, 0.3) is 0 Å². The summed E-state index contributed by atoms with van der Waals surface area (Å²) in [7, 11) is 0. The SMILES string of the molecule is O=C(CCc1cccc(F)c1)Nc1cccn2ccnc12. The molecule has 1 amide bonds. The Morgan fingerprint density at radius 1 is 1.24 bits per heavy atom. The number of pyridine rings is 1. The predicted molar refractivity (Wildman–Crippen MR) is 78.5 cm³/mol. The van der Waals surface area contributed by atoms with Crippen molar-refractivity contribution in [2.75, 3.05) is 5.32 Å². The molecule has 1 aromatic carbocycles. The molecule has 0 aliphatic heterocycles. The average molecular weight is 283 g/mol. The monoisotopic (exact) mass is 283 g/mol. The normalized spacial score (nSPS) is 10.7. The number of imidazole rings is 1. The molecule has 0 unspecified atom stereocenters. The fourth-order valence-electron chi connectivity index (χ4n) is 2.21. The molecule has 0 spiro atoms. The highest BCUT2D eigenvalue weighted by atomic mass is 19.1. The Kier molecular flexibility index (Phi) is 3.64. The highest BCUT2D eigenvalue weighted by Crippen LogP contribution is 2.15. The smallest absolute Gasteiger partial charge is 0.224 e. The lowest BCUT2D eigenvalue weighted by atomic mass is 10.1. The summed E-state index contributed by atoms with van der Waals surface area (Å²) in [4.78, 5) is 16.2. The number of aryl methyl sites for hydroxylation is 1. The third-order valence-electron chi connectivity index (χ3n) is 3.22. The van der Waals surface area contributed by atoms with Crippen LogP contribution in [0.4, 0.5) is 10.1 Å². The number of amides is 1. The summed E-state index contributed by atoms with van der Waals surface area (Å²) in [5.74, 6) is -0.398. The van der Waals surface area contributed by atoms with Gasteiger partial charge in [-0.2, -0.15) is 0 Å². The molecule has 2 heterocycles. The third-order valence-corrected chi connectivity index (χ3v) is 3.22. The second-order valence-corrected chi connectivity index (χ2v) is 4.76. The molecule has 3 aromatic rings. The van der Waals surface area contributed by atoms with Crippen LogP contribution in [0, 0.1) is 5.82 Å². The second-order valence-electron chi connectivity index (χ2n) is 4.76. The van der Waals surface area contributed by atoms with Gasteiger partial charge in [-0.3, -0.25) is 4.79 Å². The van der Waals surface area contributed by atoms with Crippen molar-refractivity contribution >= 4 is 17.2 Å². The van der Waals surface area contributed by atoms with Gasteiger partial charge in [0.05, 0.1) is 5.69 Å². The molecule has 0 radical (unpaired) electrons. The van der Waals surface area contributed by atoms with Crippen molar-refractivity contribution in [3.63, 3.8) is 0 Å². The molecule has 0 atom stereocenters. The van der Waals surface area contributed by atoms with Crippen LogP contribution >= 0.6 is 0 Å². The van der Waals surface area contributed by atoms with Crippen molar-refractivity contribution in [1.82, 2.24) is 9.38 Å². The van der Waals surface area contributed by atoms with Crippen LogP contribution in [-0.2, 0) is 11.2 Å². The molecular weight excluding hydrogens is 269 g/mol. The van der Waals surface area contributed by atoms with Gasteiger partial charge in [-0.25, -0.2) is 9.37 Å². The molecule has 2 aromatic heterocycles. The molecule has 0 bridgehead atoms. The van der Waals surface area contributed by atoms with E-state index < -0.39 is 0 Å². The Morgan fingerprint density at radius 2 is 2.14 bits per heavy atom. The summed E-state index contributed by atoms with van der Waals surface area (Å²) in [6, 6.07) is 9.95. The first-order valence-corrected chi connectivity index (χ1v) is 6.68. The predicted octanol–water partition coefficient (Wildman–Crippen LogP) is 3.04. The van der Waals surface area contributed by atoms with Crippen LogP contribution in [-0.4, -0.2) is 15.3 Å². The number of halogens is 1. The van der Waals surface area contributed by atoms with E-state index in [1.807, 2.05) is 35.0 Å². The Hall–Kier alpha value is -2.69. The molecule has 1 N–H and O–H groups in total. The molecule has 0 saturated carbocycles. The van der Waals surface area contributed by atoms with Gasteiger partial charge in [0.2, 0.25) is 5.91 Å². The molecule has 4 nitrogen and oxygen atoms in total. The summed E-state index contributed by atoms with van der Waals surface area (Å²) in [6.45, 7) is 0. The van der Waals surface area contributed by atoms with Crippen LogP contribution in [0.1, 0.15) is 12.0 Å². The summed E-state index contributed by atoms with van der Waals surface area (Å²) in [5, 5.41) is 2.84. The number of hydrogen-bond acceptors (Lipinski definition) is 2. The fraction of sp³-hybridized carbons (Fsp3) is 0.125. The van der Waals surface area contributed by atoms with E-state index in [0.717, 1.165) is 5.56 Å². The first kappa shape index (κ1) is 13.3. The van der Waals surface area contributed by atoms with Crippen molar-refractivity contribution in [2.24, 2.45) is 0 Å². The van der Waals surface area contributed by atoms with Gasteiger partial charge < -0.3 is 9.72 Å². The fourth-order valence-corrected chi connectivity index (χ4v) is 2.21. The standard InChI is InChI=1S/C16H14FN3O/c17-13-4-1-3-12(11-13)6-7-15(21)19-14-5-2-9-20-10-8-18-16(14)20/h1-5,8-11H,6-7H2,(H,19,21). The zero-order chi connectivity index (χ0) is 14.7. The number of rotatable bonds is 4. The highest BCUT2D eigenvalue weighted by molar-refractivity contribution is 5.94. The van der Waals surface area contributed by atoms with Crippen LogP contribution in [0.5, 0.6) is 0 Å². The van der Waals surface area contributed by atoms with Crippen LogP contribution in [0.25, 0.3) is 5.65 Å². The van der Waals surface area contributed by atoms with Gasteiger partial charge in [0, 0.05) is 25.0 Å². The van der Waals surface area contributed by atoms with Gasteiger partial charge in [0.15, 0.2) is 5.65 Å². The summed E-state index contributed by atoms with van der Waals surface area (Å²) in [5.41, 5.74) is 2.19. The molecule has 21 heavy (non-hydrogen) atoms. The second kappa shape index (κ2) is 5.75. The number of carbonyl (C=O) groups excluding carboxylic acids is 1. The van der Waals surface area contributed by atoms with Crippen molar-refractivity contribution in [3.05, 3.63) is 66.4 Å². The average Bonchev–Trinajstić information content (AvgIpc) is 2.95. The Labute approximate surface area is 121 Å². The minimum Gasteiger partial charge on any atom is -0.323 e. The molecule has 0 aliphatic rings. The number of benzene rings is 1. The van der Waals surface area contributed by atoms with Crippen LogP contribution < -0.4 is 5.32 Å². The minimum atomic E-state index is -0.282. The summed E-state index contributed by atoms with van der Waals surface area (Å²) in [6.07, 6.45) is 6.16. The quantitative estimate of drug-likeness (QED) is 0.800. The van der Waals surface area contributed by atoms with E-state index >= 15 is 0 Å². The molecule has 0 aliphatic carbocycles. The van der Waals surface area contributed by atoms with E-state index in [9.17, 15) is 9.18 Å². The van der Waals surface area contributed by atoms with Gasteiger partial charge in [-0.15, -0.1) is 0 Å². The molecule has 0 saturated heterocycles. The zero-order valence-electron chi connectivity index (χ0n) is 11.3. The maximum atomic E-state index is 13.1. The Bertz CT molecular complexity index is 782. The van der Waals surface area contributed by atoms with Crippen molar-refractivity contribution in [1.29, 1.82) is 0 Å². The molecule has 3 rings (SSSR count). The number of nitrogens with one attached hydrogen (secondary N) is 1. The van der Waals surface area contributed by atoms with E-state index in [-0.39, 0.29) is 11.7 Å². The van der Waals surface area contributed by atoms with Crippen LogP contribution in [0.3, 0.4) is 0 Å². The number of anilines is 1. The van der Waals surface area contributed by atoms with Gasteiger partial charge in [0.1, 0.15) is 5.82 Å². The zero-order valence-corrected chi connectivity index (χ0v) is 11.3. The van der Waals surface area contributed by atoms with Crippen molar-refractivity contribution < 1.29 is 9.18 Å². The van der Waals surface area contributed by atoms with E-state index in [1.165, 1.54) is 12.1 Å². The topological polar surface area (TPSA) is 46.4 Å². The van der Waals surface area contributed by atoms with Gasteiger partial charge in [-0.1, -0.05) is 12.1 Å². The maximum absolute atomic E-state index is 13.1. The third kappa shape index (κ3) is 3.08. The summed E-state index contributed by atoms with van der Waals surface area (Å²) < 4.78 is 14.9. The lowest BCUT2D eigenvalue weighted by molar-refractivity contribution is -0.116. The first-order valence-electron chi connectivity index (χ1n) is 6.68. The molecular formula is C16H14FN3O. The molecule has 106 valence electrons.